The van der Waals surface area contributed by atoms with Crippen LogP contribution < -0.4 is 11.1 Å². The Kier molecular flexibility index (Phi) is 2.89. The minimum absolute atomic E-state index is 0.381. The molecular weight excluding hydrogens is 186 g/mol. The molecule has 0 amide bonds. The lowest BCUT2D eigenvalue weighted by Crippen LogP contribution is -2.40. The van der Waals surface area contributed by atoms with Crippen LogP contribution in [-0.2, 0) is 0 Å². The van der Waals surface area contributed by atoms with E-state index in [9.17, 15) is 0 Å². The minimum Gasteiger partial charge on any atom is -0.370 e. The van der Waals surface area contributed by atoms with Crippen LogP contribution in [0.4, 0.5) is 0 Å². The predicted octanol–water partition coefficient (Wildman–Crippen LogP) is 1.88. The second-order valence-electron chi connectivity index (χ2n) is 5.49. The summed E-state index contributed by atoms with van der Waals surface area (Å²) in [5.41, 5.74) is 6.36. The highest BCUT2D eigenvalue weighted by Crippen LogP contribution is 2.57. The van der Waals surface area contributed by atoms with Crippen molar-refractivity contribution >= 4 is 5.96 Å². The summed E-state index contributed by atoms with van der Waals surface area (Å²) >= 11 is 0. The first kappa shape index (κ1) is 10.8. The Morgan fingerprint density at radius 3 is 2.53 bits per heavy atom. The Morgan fingerprint density at radius 2 is 2.13 bits per heavy atom. The van der Waals surface area contributed by atoms with Crippen LogP contribution in [0.25, 0.3) is 0 Å². The number of hydrogen-bond donors (Lipinski definition) is 2. The second kappa shape index (κ2) is 4.03. The van der Waals surface area contributed by atoms with Gasteiger partial charge < -0.3 is 11.1 Å². The van der Waals surface area contributed by atoms with Crippen LogP contribution in [0.2, 0.25) is 0 Å². The number of hydrogen-bond acceptors (Lipinski definition) is 1. The highest BCUT2D eigenvalue weighted by molar-refractivity contribution is 5.78. The monoisotopic (exact) mass is 209 g/mol. The molecule has 0 atom stereocenters. The van der Waals surface area contributed by atoms with E-state index in [2.05, 4.69) is 24.2 Å². The largest absolute Gasteiger partial charge is 0.370 e. The molecule has 0 saturated heterocycles. The smallest absolute Gasteiger partial charge is 0.188 e. The molecule has 0 aromatic carbocycles. The van der Waals surface area contributed by atoms with Gasteiger partial charge in [0.1, 0.15) is 0 Å². The first-order valence-electron chi connectivity index (χ1n) is 6.19. The summed E-state index contributed by atoms with van der Waals surface area (Å²) in [6.45, 7) is 5.12. The molecule has 0 aromatic rings. The van der Waals surface area contributed by atoms with E-state index >= 15 is 0 Å². The van der Waals surface area contributed by atoms with Gasteiger partial charge in [-0.3, -0.25) is 4.99 Å². The molecule has 2 saturated carbocycles. The maximum absolute atomic E-state index is 5.82. The van der Waals surface area contributed by atoms with E-state index in [1.807, 2.05) is 0 Å². The summed E-state index contributed by atoms with van der Waals surface area (Å²) in [5, 5.41) is 3.15. The predicted molar refractivity (Wildman–Crippen MR) is 63.8 cm³/mol. The Hall–Kier alpha value is -0.730. The number of rotatable bonds is 4. The Morgan fingerprint density at radius 1 is 1.47 bits per heavy atom. The van der Waals surface area contributed by atoms with Gasteiger partial charge in [-0.25, -0.2) is 0 Å². The highest BCUT2D eigenvalue weighted by Gasteiger charge is 2.48. The molecule has 3 nitrogen and oxygen atoms in total. The molecule has 2 aliphatic rings. The third kappa shape index (κ3) is 2.44. The Balaban J connectivity index is 1.85. The molecule has 15 heavy (non-hydrogen) atoms. The van der Waals surface area contributed by atoms with Gasteiger partial charge >= 0.3 is 0 Å². The van der Waals surface area contributed by atoms with Gasteiger partial charge in [0.2, 0.25) is 0 Å². The Labute approximate surface area is 92.5 Å². The van der Waals surface area contributed by atoms with Crippen LogP contribution in [0.15, 0.2) is 4.99 Å². The lowest BCUT2D eigenvalue weighted by molar-refractivity contribution is 0.113. The summed E-state index contributed by atoms with van der Waals surface area (Å²) in [6, 6.07) is 0.381. The third-order valence-electron chi connectivity index (χ3n) is 3.79. The van der Waals surface area contributed by atoms with Crippen LogP contribution >= 0.6 is 0 Å². The first-order valence-corrected chi connectivity index (χ1v) is 6.19. The Bertz CT molecular complexity index is 250. The zero-order chi connectivity index (χ0) is 10.9. The van der Waals surface area contributed by atoms with E-state index in [-0.39, 0.29) is 0 Å². The van der Waals surface area contributed by atoms with E-state index in [1.165, 1.54) is 32.1 Å². The highest BCUT2D eigenvalue weighted by atomic mass is 15.1. The van der Waals surface area contributed by atoms with E-state index in [4.69, 9.17) is 5.73 Å². The van der Waals surface area contributed by atoms with E-state index in [1.54, 1.807) is 0 Å². The lowest BCUT2D eigenvalue weighted by atomic mass is 9.65. The zero-order valence-corrected chi connectivity index (χ0v) is 9.92. The molecule has 86 valence electrons. The van der Waals surface area contributed by atoms with Gasteiger partial charge in [-0.1, -0.05) is 6.42 Å². The standard InChI is InChI=1S/C12H23N3/c1-9(2)15-11(13)14-8-12(6-3-7-12)10-4-5-10/h9-10H,3-8H2,1-2H3,(H3,13,14,15). The molecule has 0 aromatic heterocycles. The SMILES string of the molecule is CC(C)NC(N)=NCC1(C2CC2)CCC1. The van der Waals surface area contributed by atoms with Gasteiger partial charge in [0.15, 0.2) is 5.96 Å². The van der Waals surface area contributed by atoms with Gasteiger partial charge in [0.25, 0.3) is 0 Å². The summed E-state index contributed by atoms with van der Waals surface area (Å²) in [7, 11) is 0. The van der Waals surface area contributed by atoms with Crippen LogP contribution in [0.1, 0.15) is 46.0 Å². The molecule has 3 N–H and O–H groups in total. The molecule has 0 radical (unpaired) electrons. The fraction of sp³-hybridized carbons (Fsp3) is 0.917. The van der Waals surface area contributed by atoms with Crippen LogP contribution in [0.5, 0.6) is 0 Å². The zero-order valence-electron chi connectivity index (χ0n) is 9.92. The van der Waals surface area contributed by atoms with Gasteiger partial charge in [-0.2, -0.15) is 0 Å². The van der Waals surface area contributed by atoms with Gasteiger partial charge in [-0.15, -0.1) is 0 Å². The summed E-state index contributed by atoms with van der Waals surface area (Å²) in [6.07, 6.45) is 6.98. The van der Waals surface area contributed by atoms with Gasteiger partial charge in [0.05, 0.1) is 0 Å². The molecule has 2 aliphatic carbocycles. The minimum atomic E-state index is 0.381. The second-order valence-corrected chi connectivity index (χ2v) is 5.49. The van der Waals surface area contributed by atoms with Crippen molar-refractivity contribution in [2.75, 3.05) is 6.54 Å². The van der Waals surface area contributed by atoms with Crippen molar-refractivity contribution in [3.05, 3.63) is 0 Å². The van der Waals surface area contributed by atoms with Gasteiger partial charge in [-0.05, 0) is 50.9 Å². The average molecular weight is 209 g/mol. The first-order chi connectivity index (χ1) is 7.12. The molecule has 2 fully saturated rings. The molecular formula is C12H23N3. The lowest BCUT2D eigenvalue weighted by Gasteiger charge is -2.41. The number of nitrogens with one attached hydrogen (secondary N) is 1. The molecule has 0 spiro atoms. The number of aliphatic imine (C=N–C) groups is 1. The van der Waals surface area contributed by atoms with Crippen molar-refractivity contribution in [3.8, 4) is 0 Å². The number of nitrogens with two attached hydrogens (primary N) is 1. The molecule has 3 heteroatoms. The molecule has 0 heterocycles. The molecule has 2 rings (SSSR count). The number of guanidine groups is 1. The van der Waals surface area contributed by atoms with Gasteiger partial charge in [0, 0.05) is 12.6 Å². The fourth-order valence-electron chi connectivity index (χ4n) is 2.61. The van der Waals surface area contributed by atoms with Crippen molar-refractivity contribution < 1.29 is 0 Å². The average Bonchev–Trinajstić information content (AvgIpc) is 2.84. The van der Waals surface area contributed by atoms with Crippen molar-refractivity contribution in [2.24, 2.45) is 22.1 Å². The van der Waals surface area contributed by atoms with Crippen LogP contribution in [-0.4, -0.2) is 18.5 Å². The van der Waals surface area contributed by atoms with Crippen molar-refractivity contribution in [1.82, 2.24) is 5.32 Å². The normalized spacial score (nSPS) is 25.1. The maximum Gasteiger partial charge on any atom is 0.188 e. The van der Waals surface area contributed by atoms with E-state index in [0.717, 1.165) is 12.5 Å². The molecule has 0 aliphatic heterocycles. The molecule has 0 unspecified atom stereocenters. The van der Waals surface area contributed by atoms with Crippen molar-refractivity contribution in [3.63, 3.8) is 0 Å². The summed E-state index contributed by atoms with van der Waals surface area (Å²) in [5.74, 6) is 1.58. The fourth-order valence-corrected chi connectivity index (χ4v) is 2.61. The van der Waals surface area contributed by atoms with Crippen molar-refractivity contribution in [1.29, 1.82) is 0 Å². The number of nitrogens with zero attached hydrogens (tertiary/aromatic N) is 1. The van der Waals surface area contributed by atoms with Crippen molar-refractivity contribution in [2.45, 2.75) is 52.0 Å². The van der Waals surface area contributed by atoms with E-state index < -0.39 is 0 Å². The molecule has 0 bridgehead atoms. The third-order valence-corrected chi connectivity index (χ3v) is 3.79. The quantitative estimate of drug-likeness (QED) is 0.548. The summed E-state index contributed by atoms with van der Waals surface area (Å²) in [4.78, 5) is 4.50. The summed E-state index contributed by atoms with van der Waals surface area (Å²) < 4.78 is 0. The van der Waals surface area contributed by atoms with E-state index in [0.29, 0.717) is 17.4 Å². The van der Waals surface area contributed by atoms with Crippen LogP contribution in [0.3, 0.4) is 0 Å². The maximum atomic E-state index is 5.82. The van der Waals surface area contributed by atoms with Crippen LogP contribution in [0, 0.1) is 11.3 Å². The topological polar surface area (TPSA) is 50.4 Å².